The van der Waals surface area contributed by atoms with Crippen molar-refractivity contribution in [3.05, 3.63) is 48.5 Å². The molecule has 1 atom stereocenters. The second kappa shape index (κ2) is 8.57. The van der Waals surface area contributed by atoms with Crippen molar-refractivity contribution in [2.45, 2.75) is 23.8 Å². The number of hydrogen-bond acceptors (Lipinski definition) is 7. The molecule has 4 rings (SSSR count). The van der Waals surface area contributed by atoms with Crippen molar-refractivity contribution in [2.75, 3.05) is 20.3 Å². The summed E-state index contributed by atoms with van der Waals surface area (Å²) in [5.74, 6) is 2.04. The first-order chi connectivity index (χ1) is 14.2. The molecule has 2 heterocycles. The molecular weight excluding hydrogens is 390 g/mol. The smallest absolute Gasteiger partial charge is 0.319 e. The van der Waals surface area contributed by atoms with Crippen LogP contribution in [0.4, 0.5) is 0 Å². The van der Waals surface area contributed by atoms with Crippen LogP contribution in [0.2, 0.25) is 0 Å². The van der Waals surface area contributed by atoms with Crippen LogP contribution >= 0.6 is 11.8 Å². The van der Waals surface area contributed by atoms with E-state index in [9.17, 15) is 4.79 Å². The average Bonchev–Trinajstić information content (AvgIpc) is 3.35. The average molecular weight is 411 g/mol. The predicted octanol–water partition coefficient (Wildman–Crippen LogP) is 3.75. The van der Waals surface area contributed by atoms with Crippen LogP contribution in [-0.4, -0.2) is 46.3 Å². The summed E-state index contributed by atoms with van der Waals surface area (Å²) in [6.45, 7) is 3.00. The van der Waals surface area contributed by atoms with Gasteiger partial charge in [0.15, 0.2) is 11.0 Å². The molecule has 1 aromatic heterocycles. The Balaban J connectivity index is 1.75. The van der Waals surface area contributed by atoms with Gasteiger partial charge in [0.2, 0.25) is 0 Å². The largest absolute Gasteiger partial charge is 0.497 e. The molecule has 0 radical (unpaired) electrons. The highest BCUT2D eigenvalue weighted by Crippen LogP contribution is 2.34. The van der Waals surface area contributed by atoms with E-state index >= 15 is 0 Å². The Morgan fingerprint density at radius 3 is 2.45 bits per heavy atom. The molecule has 8 heteroatoms. The molecule has 0 bridgehead atoms. The molecule has 1 saturated heterocycles. The molecule has 0 amide bonds. The summed E-state index contributed by atoms with van der Waals surface area (Å²) in [5.41, 5.74) is 1.78. The van der Waals surface area contributed by atoms with E-state index in [1.165, 1.54) is 11.8 Å². The van der Waals surface area contributed by atoms with Crippen molar-refractivity contribution in [3.63, 3.8) is 0 Å². The number of carbonyl (C=O) groups is 1. The molecule has 1 aliphatic heterocycles. The Hall–Kier alpha value is -3.00. The summed E-state index contributed by atoms with van der Waals surface area (Å²) < 4.78 is 17.8. The topological polar surface area (TPSA) is 75.5 Å². The quantitative estimate of drug-likeness (QED) is 0.548. The van der Waals surface area contributed by atoms with Crippen LogP contribution < -0.4 is 9.47 Å². The third-order valence-corrected chi connectivity index (χ3v) is 5.71. The minimum atomic E-state index is -0.274. The Kier molecular flexibility index (Phi) is 5.71. The SMILES string of the molecule is CCOc1ccc(-n2c(SC3CCOC3=O)nnc2-c2ccc(OC)cc2)cc1. The molecule has 0 aliphatic carbocycles. The first-order valence-electron chi connectivity index (χ1n) is 9.36. The number of nitrogens with zero attached hydrogens (tertiary/aromatic N) is 3. The van der Waals surface area contributed by atoms with Gasteiger partial charge in [-0.25, -0.2) is 0 Å². The second-order valence-electron chi connectivity index (χ2n) is 6.36. The summed E-state index contributed by atoms with van der Waals surface area (Å²) in [6, 6.07) is 15.4. The molecular formula is C21H21N3O4S. The van der Waals surface area contributed by atoms with E-state index in [4.69, 9.17) is 14.2 Å². The third-order valence-electron chi connectivity index (χ3n) is 4.52. The van der Waals surface area contributed by atoms with Gasteiger partial charge in [-0.05, 0) is 55.5 Å². The summed E-state index contributed by atoms with van der Waals surface area (Å²) in [7, 11) is 1.63. The Morgan fingerprint density at radius 2 is 1.83 bits per heavy atom. The van der Waals surface area contributed by atoms with Crippen LogP contribution in [0.25, 0.3) is 17.1 Å². The summed E-state index contributed by atoms with van der Waals surface area (Å²) in [6.07, 6.45) is 0.664. The van der Waals surface area contributed by atoms with Crippen molar-refractivity contribution >= 4 is 17.7 Å². The highest BCUT2D eigenvalue weighted by molar-refractivity contribution is 8.00. The molecule has 7 nitrogen and oxygen atoms in total. The number of thioether (sulfide) groups is 1. The maximum absolute atomic E-state index is 12.0. The second-order valence-corrected chi connectivity index (χ2v) is 7.53. The van der Waals surface area contributed by atoms with Gasteiger partial charge in [0.25, 0.3) is 0 Å². The molecule has 29 heavy (non-hydrogen) atoms. The fourth-order valence-electron chi connectivity index (χ4n) is 3.08. The number of hydrogen-bond donors (Lipinski definition) is 0. The molecule has 0 saturated carbocycles. The first kappa shape index (κ1) is 19.3. The summed E-state index contributed by atoms with van der Waals surface area (Å²) in [4.78, 5) is 12.0. The van der Waals surface area contributed by atoms with Crippen LogP contribution in [-0.2, 0) is 9.53 Å². The fraction of sp³-hybridized carbons (Fsp3) is 0.286. The van der Waals surface area contributed by atoms with E-state index in [-0.39, 0.29) is 11.2 Å². The molecule has 3 aromatic rings. The van der Waals surface area contributed by atoms with Crippen LogP contribution in [0.3, 0.4) is 0 Å². The number of ether oxygens (including phenoxy) is 3. The lowest BCUT2D eigenvalue weighted by Gasteiger charge is -2.12. The molecule has 1 fully saturated rings. The van der Waals surface area contributed by atoms with Gasteiger partial charge in [-0.3, -0.25) is 9.36 Å². The van der Waals surface area contributed by atoms with Crippen LogP contribution in [0, 0.1) is 0 Å². The lowest BCUT2D eigenvalue weighted by atomic mass is 10.2. The maximum atomic E-state index is 12.0. The van der Waals surface area contributed by atoms with Gasteiger partial charge in [-0.15, -0.1) is 10.2 Å². The molecule has 150 valence electrons. The van der Waals surface area contributed by atoms with E-state index < -0.39 is 0 Å². The monoisotopic (exact) mass is 411 g/mol. The van der Waals surface area contributed by atoms with Gasteiger partial charge in [0.05, 0.1) is 20.3 Å². The van der Waals surface area contributed by atoms with E-state index in [2.05, 4.69) is 10.2 Å². The van der Waals surface area contributed by atoms with Gasteiger partial charge in [0, 0.05) is 17.7 Å². The van der Waals surface area contributed by atoms with Gasteiger partial charge in [0.1, 0.15) is 16.7 Å². The van der Waals surface area contributed by atoms with Gasteiger partial charge >= 0.3 is 5.97 Å². The lowest BCUT2D eigenvalue weighted by molar-refractivity contribution is -0.137. The number of rotatable bonds is 7. The Labute approximate surface area is 173 Å². The van der Waals surface area contributed by atoms with Crippen molar-refractivity contribution in [1.82, 2.24) is 14.8 Å². The summed E-state index contributed by atoms with van der Waals surface area (Å²) >= 11 is 1.38. The van der Waals surface area contributed by atoms with Crippen LogP contribution in [0.1, 0.15) is 13.3 Å². The first-order valence-corrected chi connectivity index (χ1v) is 10.2. The zero-order valence-electron chi connectivity index (χ0n) is 16.2. The van der Waals surface area contributed by atoms with E-state index in [0.29, 0.717) is 30.6 Å². The molecule has 0 N–H and O–H groups in total. The highest BCUT2D eigenvalue weighted by atomic mass is 32.2. The maximum Gasteiger partial charge on any atom is 0.319 e. The molecule has 1 unspecified atom stereocenters. The normalized spacial score (nSPS) is 15.9. The van der Waals surface area contributed by atoms with Crippen LogP contribution in [0.15, 0.2) is 53.7 Å². The summed E-state index contributed by atoms with van der Waals surface area (Å²) in [5, 5.41) is 9.15. The zero-order chi connectivity index (χ0) is 20.2. The van der Waals surface area contributed by atoms with Crippen molar-refractivity contribution in [2.24, 2.45) is 0 Å². The molecule has 0 spiro atoms. The van der Waals surface area contributed by atoms with Crippen molar-refractivity contribution < 1.29 is 19.0 Å². The standard InChI is InChI=1S/C21H21N3O4S/c1-3-27-17-10-6-15(7-11-17)24-19(14-4-8-16(26-2)9-5-14)22-23-21(24)29-18-12-13-28-20(18)25/h4-11,18H,3,12-13H2,1-2H3. The molecule has 1 aliphatic rings. The number of esters is 1. The van der Waals surface area contributed by atoms with Crippen molar-refractivity contribution in [1.29, 1.82) is 0 Å². The van der Waals surface area contributed by atoms with Crippen molar-refractivity contribution in [3.8, 4) is 28.6 Å². The van der Waals surface area contributed by atoms with E-state index in [0.717, 1.165) is 22.7 Å². The highest BCUT2D eigenvalue weighted by Gasteiger charge is 2.30. The Bertz CT molecular complexity index is 986. The fourth-order valence-corrected chi connectivity index (χ4v) is 4.09. The predicted molar refractivity (Wildman–Crippen MR) is 110 cm³/mol. The number of aromatic nitrogens is 3. The lowest BCUT2D eigenvalue weighted by Crippen LogP contribution is -2.11. The number of benzene rings is 2. The minimum absolute atomic E-state index is 0.206. The van der Waals surface area contributed by atoms with Gasteiger partial charge < -0.3 is 14.2 Å². The third kappa shape index (κ3) is 4.07. The van der Waals surface area contributed by atoms with E-state index in [1.54, 1.807) is 7.11 Å². The van der Waals surface area contributed by atoms with Gasteiger partial charge in [-0.1, -0.05) is 11.8 Å². The van der Waals surface area contributed by atoms with Gasteiger partial charge in [-0.2, -0.15) is 0 Å². The number of methoxy groups -OCH3 is 1. The molecule has 2 aromatic carbocycles. The van der Waals surface area contributed by atoms with E-state index in [1.807, 2.05) is 60.0 Å². The number of carbonyl (C=O) groups excluding carboxylic acids is 1. The number of cyclic esters (lactones) is 1. The Morgan fingerprint density at radius 1 is 1.10 bits per heavy atom. The minimum Gasteiger partial charge on any atom is -0.497 e. The van der Waals surface area contributed by atoms with Crippen LogP contribution in [0.5, 0.6) is 11.5 Å². The zero-order valence-corrected chi connectivity index (χ0v) is 17.0.